The van der Waals surface area contributed by atoms with Crippen molar-refractivity contribution in [1.82, 2.24) is 55.5 Å². The van der Waals surface area contributed by atoms with Crippen LogP contribution in [0.4, 0.5) is 23.0 Å². The summed E-state index contributed by atoms with van der Waals surface area (Å²) in [5.41, 5.74) is 10.3. The van der Waals surface area contributed by atoms with E-state index < -0.39 is 0 Å². The van der Waals surface area contributed by atoms with Crippen LogP contribution >= 0.6 is 0 Å². The first-order chi connectivity index (χ1) is 28.2. The van der Waals surface area contributed by atoms with Crippen LogP contribution in [0, 0.1) is 0 Å². The average molecular weight is 758 g/mol. The van der Waals surface area contributed by atoms with Crippen molar-refractivity contribution in [2.24, 2.45) is 0 Å². The molecule has 17 nitrogen and oxygen atoms in total. The van der Waals surface area contributed by atoms with Crippen molar-refractivity contribution < 1.29 is 18.3 Å². The molecule has 17 heteroatoms. The molecule has 0 aliphatic carbocycles. The molecule has 0 aliphatic rings. The Morgan fingerprint density at radius 3 is 2.19 bits per heavy atom. The van der Waals surface area contributed by atoms with Gasteiger partial charge in [-0.15, -0.1) is 0 Å². The van der Waals surface area contributed by atoms with Gasteiger partial charge in [0.2, 0.25) is 0 Å². The maximum atomic E-state index is 6.19. The highest BCUT2D eigenvalue weighted by Crippen LogP contribution is 2.46. The number of rotatable bonds is 12. The third-order valence-corrected chi connectivity index (χ3v) is 9.57. The fraction of sp³-hybridized carbons (Fsp3) is 0.0750. The molecule has 0 radical (unpaired) electrons. The monoisotopic (exact) mass is 757 g/mol. The standard InChI is InChI=1S/C40H31N13O4/c1-3-57-31-5-4-21(22-6-8-55-17-22)11-29(31)49-39-33-35(52-53-40(33)45-20-44-39)28-16-48-51-34(28)26-10-24(23-7-9-56-18-23)12-30(36(26)54-2)50-38-32-27(25-13-46-47-14-25)15-41-37(32)42-19-43-38/h4-20H,3H2,1-2H3,(H,46,47)(H,48,51)(H2,41,42,43,50)(H2,44,45,49,52,53). The van der Waals surface area contributed by atoms with Crippen molar-refractivity contribution in [3.8, 4) is 67.4 Å². The van der Waals surface area contributed by atoms with Crippen molar-refractivity contribution in [3.05, 3.63) is 105 Å². The number of hydrogen-bond acceptors (Lipinski definition) is 13. The molecule has 57 heavy (non-hydrogen) atoms. The van der Waals surface area contributed by atoms with E-state index in [0.717, 1.165) is 38.8 Å². The molecule has 0 bridgehead atoms. The number of benzene rings is 2. The van der Waals surface area contributed by atoms with Gasteiger partial charge in [-0.3, -0.25) is 15.3 Å². The van der Waals surface area contributed by atoms with Gasteiger partial charge >= 0.3 is 0 Å². The second kappa shape index (κ2) is 13.9. The zero-order valence-corrected chi connectivity index (χ0v) is 30.3. The predicted molar refractivity (Wildman–Crippen MR) is 212 cm³/mol. The van der Waals surface area contributed by atoms with E-state index in [9.17, 15) is 0 Å². The number of hydrogen-bond donors (Lipinski definition) is 6. The second-order valence-electron chi connectivity index (χ2n) is 12.8. The van der Waals surface area contributed by atoms with E-state index in [1.165, 1.54) is 12.7 Å². The van der Waals surface area contributed by atoms with Crippen molar-refractivity contribution >= 4 is 45.1 Å². The summed E-state index contributed by atoms with van der Waals surface area (Å²) in [5.74, 6) is 2.23. The zero-order chi connectivity index (χ0) is 38.3. The van der Waals surface area contributed by atoms with E-state index in [4.69, 9.17) is 28.5 Å². The maximum Gasteiger partial charge on any atom is 0.161 e. The second-order valence-corrected chi connectivity index (χ2v) is 12.8. The van der Waals surface area contributed by atoms with E-state index >= 15 is 0 Å². The number of fused-ring (bicyclic) bond motifs is 2. The Labute approximate surface area is 321 Å². The van der Waals surface area contributed by atoms with Gasteiger partial charge in [0, 0.05) is 52.0 Å². The van der Waals surface area contributed by atoms with Crippen LogP contribution in [0.3, 0.4) is 0 Å². The molecular weight excluding hydrogens is 727 g/mol. The van der Waals surface area contributed by atoms with Crippen molar-refractivity contribution in [1.29, 1.82) is 0 Å². The van der Waals surface area contributed by atoms with Gasteiger partial charge in [0.1, 0.15) is 47.1 Å². The van der Waals surface area contributed by atoms with E-state index in [1.54, 1.807) is 44.6 Å². The fourth-order valence-electron chi connectivity index (χ4n) is 6.99. The number of ether oxygens (including phenoxy) is 2. The Kier molecular flexibility index (Phi) is 8.13. The first-order valence-corrected chi connectivity index (χ1v) is 17.8. The Morgan fingerprint density at radius 2 is 1.44 bits per heavy atom. The topological polar surface area (TPSA) is 222 Å². The van der Waals surface area contributed by atoms with Crippen molar-refractivity contribution in [2.45, 2.75) is 6.92 Å². The normalized spacial score (nSPS) is 11.4. The van der Waals surface area contributed by atoms with E-state index in [0.29, 0.717) is 80.3 Å². The van der Waals surface area contributed by atoms with Crippen LogP contribution in [0.15, 0.2) is 114 Å². The van der Waals surface area contributed by atoms with Crippen LogP contribution in [-0.2, 0) is 0 Å². The molecule has 0 aliphatic heterocycles. The van der Waals surface area contributed by atoms with Gasteiger partial charge in [-0.05, 0) is 54.4 Å². The van der Waals surface area contributed by atoms with E-state index in [2.05, 4.69) is 55.9 Å². The molecule has 2 aromatic carbocycles. The van der Waals surface area contributed by atoms with Crippen molar-refractivity contribution in [3.63, 3.8) is 0 Å². The Bertz CT molecular complexity index is 2980. The first-order valence-electron chi connectivity index (χ1n) is 17.8. The van der Waals surface area contributed by atoms with Gasteiger partial charge in [-0.1, -0.05) is 6.07 Å². The summed E-state index contributed by atoms with van der Waals surface area (Å²) in [6, 6.07) is 13.7. The first kappa shape index (κ1) is 33.4. The zero-order valence-electron chi connectivity index (χ0n) is 30.3. The largest absolute Gasteiger partial charge is 0.494 e. The van der Waals surface area contributed by atoms with E-state index in [-0.39, 0.29) is 0 Å². The summed E-state index contributed by atoms with van der Waals surface area (Å²) >= 11 is 0. The summed E-state index contributed by atoms with van der Waals surface area (Å²) in [4.78, 5) is 21.6. The molecule has 8 aromatic heterocycles. The average Bonchev–Trinajstić information content (AvgIpc) is 4.09. The number of nitrogens with zero attached hydrogens (tertiary/aromatic N) is 7. The molecule has 0 amide bonds. The molecule has 10 aromatic rings. The lowest BCUT2D eigenvalue weighted by Gasteiger charge is -2.17. The van der Waals surface area contributed by atoms with Crippen LogP contribution in [0.2, 0.25) is 0 Å². The minimum Gasteiger partial charge on any atom is -0.494 e. The summed E-state index contributed by atoms with van der Waals surface area (Å²) < 4.78 is 23.1. The molecule has 8 heterocycles. The third-order valence-electron chi connectivity index (χ3n) is 9.57. The smallest absolute Gasteiger partial charge is 0.161 e. The summed E-state index contributed by atoms with van der Waals surface area (Å²) in [7, 11) is 1.62. The van der Waals surface area contributed by atoms with Crippen LogP contribution in [0.1, 0.15) is 6.92 Å². The molecule has 0 saturated carbocycles. The minimum absolute atomic E-state index is 0.476. The number of furan rings is 2. The number of H-pyrrole nitrogens is 4. The Morgan fingerprint density at radius 1 is 0.667 bits per heavy atom. The van der Waals surface area contributed by atoms with E-state index in [1.807, 2.05) is 61.8 Å². The number of methoxy groups -OCH3 is 1. The summed E-state index contributed by atoms with van der Waals surface area (Å²) in [5, 5.41) is 31.2. The summed E-state index contributed by atoms with van der Waals surface area (Å²) in [6.45, 7) is 2.42. The number of anilines is 4. The Balaban J connectivity index is 1.11. The lowest BCUT2D eigenvalue weighted by atomic mass is 9.97. The summed E-state index contributed by atoms with van der Waals surface area (Å²) in [6.07, 6.45) is 16.9. The highest BCUT2D eigenvalue weighted by Gasteiger charge is 2.25. The van der Waals surface area contributed by atoms with Gasteiger partial charge in [0.25, 0.3) is 0 Å². The van der Waals surface area contributed by atoms with Gasteiger partial charge < -0.3 is 33.9 Å². The highest BCUT2D eigenvalue weighted by atomic mass is 16.5. The van der Waals surface area contributed by atoms with Crippen LogP contribution in [0.25, 0.3) is 78.0 Å². The third kappa shape index (κ3) is 5.86. The van der Waals surface area contributed by atoms with Crippen LogP contribution in [0.5, 0.6) is 11.5 Å². The number of nitrogens with one attached hydrogen (secondary N) is 6. The van der Waals surface area contributed by atoms with Crippen LogP contribution in [-0.4, -0.2) is 69.2 Å². The molecule has 0 saturated heterocycles. The number of aromatic amines is 4. The molecular formula is C40H31N13O4. The van der Waals surface area contributed by atoms with Gasteiger partial charge in [-0.25, -0.2) is 19.9 Å². The molecule has 0 unspecified atom stereocenters. The lowest BCUT2D eigenvalue weighted by Crippen LogP contribution is -2.01. The molecule has 10 rings (SSSR count). The fourth-order valence-corrected chi connectivity index (χ4v) is 6.99. The van der Waals surface area contributed by atoms with Gasteiger partial charge in [-0.2, -0.15) is 15.3 Å². The molecule has 280 valence electrons. The lowest BCUT2D eigenvalue weighted by molar-refractivity contribution is 0.342. The minimum atomic E-state index is 0.476. The van der Waals surface area contributed by atoms with Gasteiger partial charge in [0.15, 0.2) is 11.4 Å². The SMILES string of the molecule is CCOc1ccc(-c2ccoc2)cc1Nc1ncnc2[nH]nc(-c3c[nH]nc3-c3cc(-c4ccoc4)cc(Nc4ncnc5[nH]cc(-c6cn[nH]c6)c45)c3OC)c12. The highest BCUT2D eigenvalue weighted by molar-refractivity contribution is 6.05. The number of aromatic nitrogens is 11. The van der Waals surface area contributed by atoms with Gasteiger partial charge in [0.05, 0.1) is 67.1 Å². The van der Waals surface area contributed by atoms with Crippen LogP contribution < -0.4 is 20.1 Å². The molecule has 6 N–H and O–H groups in total. The molecule has 0 atom stereocenters. The maximum absolute atomic E-state index is 6.19. The molecule has 0 spiro atoms. The molecule has 0 fully saturated rings. The quantitative estimate of drug-likeness (QED) is 0.0689. The van der Waals surface area contributed by atoms with Crippen molar-refractivity contribution in [2.75, 3.05) is 24.4 Å². The predicted octanol–water partition coefficient (Wildman–Crippen LogP) is 8.49. The Hall–Kier alpha value is -8.21.